The molecule has 2 heterocycles. The highest BCUT2D eigenvalue weighted by molar-refractivity contribution is 7.99. The van der Waals surface area contributed by atoms with Crippen molar-refractivity contribution >= 4 is 28.4 Å². The molecule has 0 radical (unpaired) electrons. The number of aromatic amines is 1. The number of aromatic nitrogens is 2. The number of ketones is 1. The Labute approximate surface area is 161 Å². The fourth-order valence-corrected chi connectivity index (χ4v) is 3.76. The lowest BCUT2D eigenvalue weighted by Gasteiger charge is -2.11. The number of Topliss-reactive ketones (excluding diaryl/α,β-unsaturated/α-hetero) is 1. The summed E-state index contributed by atoms with van der Waals surface area (Å²) in [6.45, 7) is 0. The molecule has 0 atom stereocenters. The summed E-state index contributed by atoms with van der Waals surface area (Å²) in [5.41, 5.74) is 3.68. The molecular formula is C22H18N2O2S. The van der Waals surface area contributed by atoms with E-state index in [1.807, 2.05) is 42.5 Å². The molecule has 4 aromatic rings. The third-order valence-electron chi connectivity index (χ3n) is 4.33. The molecule has 0 saturated heterocycles. The zero-order valence-electron chi connectivity index (χ0n) is 14.8. The number of methoxy groups -OCH3 is 1. The van der Waals surface area contributed by atoms with Gasteiger partial charge in [0, 0.05) is 17.6 Å². The molecule has 0 fully saturated rings. The molecule has 4 nitrogen and oxygen atoms in total. The van der Waals surface area contributed by atoms with Crippen LogP contribution in [0.25, 0.3) is 22.0 Å². The SMILES string of the molecule is COc1ccc2c(-c3ccccc3)cc(SCC(=O)c3ccc[nH]3)nc2c1. The van der Waals surface area contributed by atoms with Gasteiger partial charge in [0.15, 0.2) is 5.78 Å². The highest BCUT2D eigenvalue weighted by atomic mass is 32.2. The highest BCUT2D eigenvalue weighted by Gasteiger charge is 2.12. The van der Waals surface area contributed by atoms with E-state index in [1.54, 1.807) is 19.4 Å². The first-order valence-corrected chi connectivity index (χ1v) is 9.57. The lowest BCUT2D eigenvalue weighted by Crippen LogP contribution is -2.03. The van der Waals surface area contributed by atoms with E-state index in [2.05, 4.69) is 23.2 Å². The van der Waals surface area contributed by atoms with Gasteiger partial charge in [-0.25, -0.2) is 4.98 Å². The van der Waals surface area contributed by atoms with E-state index >= 15 is 0 Å². The molecule has 0 aliphatic heterocycles. The Morgan fingerprint density at radius 1 is 1.07 bits per heavy atom. The first-order valence-electron chi connectivity index (χ1n) is 8.58. The van der Waals surface area contributed by atoms with Crippen LogP contribution in [-0.2, 0) is 0 Å². The van der Waals surface area contributed by atoms with E-state index in [0.29, 0.717) is 11.4 Å². The quantitative estimate of drug-likeness (QED) is 0.372. The van der Waals surface area contributed by atoms with Crippen molar-refractivity contribution in [3.05, 3.63) is 78.6 Å². The average molecular weight is 374 g/mol. The summed E-state index contributed by atoms with van der Waals surface area (Å²) in [5, 5.41) is 1.87. The van der Waals surface area contributed by atoms with Crippen LogP contribution >= 0.6 is 11.8 Å². The van der Waals surface area contributed by atoms with Gasteiger partial charge >= 0.3 is 0 Å². The van der Waals surface area contributed by atoms with Gasteiger partial charge in [-0.15, -0.1) is 0 Å². The van der Waals surface area contributed by atoms with Crippen molar-refractivity contribution in [1.82, 2.24) is 9.97 Å². The van der Waals surface area contributed by atoms with E-state index < -0.39 is 0 Å². The Balaban J connectivity index is 1.73. The van der Waals surface area contributed by atoms with Crippen molar-refractivity contribution in [3.8, 4) is 16.9 Å². The number of benzene rings is 2. The summed E-state index contributed by atoms with van der Waals surface area (Å²) in [6, 6.07) is 21.8. The Morgan fingerprint density at radius 3 is 2.67 bits per heavy atom. The minimum absolute atomic E-state index is 0.0544. The molecule has 4 rings (SSSR count). The van der Waals surface area contributed by atoms with Gasteiger partial charge < -0.3 is 9.72 Å². The van der Waals surface area contributed by atoms with Crippen LogP contribution in [0.4, 0.5) is 0 Å². The Bertz CT molecular complexity index is 1080. The number of carbonyl (C=O) groups is 1. The molecule has 0 aliphatic rings. The van der Waals surface area contributed by atoms with Crippen LogP contribution in [0, 0.1) is 0 Å². The molecule has 5 heteroatoms. The number of fused-ring (bicyclic) bond motifs is 1. The van der Waals surface area contributed by atoms with Crippen LogP contribution < -0.4 is 4.74 Å². The molecular weight excluding hydrogens is 356 g/mol. The molecule has 0 amide bonds. The maximum atomic E-state index is 12.3. The number of rotatable bonds is 6. The second-order valence-electron chi connectivity index (χ2n) is 6.05. The second-order valence-corrected chi connectivity index (χ2v) is 7.05. The number of pyridine rings is 1. The van der Waals surface area contributed by atoms with Gasteiger partial charge in [0.1, 0.15) is 5.75 Å². The van der Waals surface area contributed by atoms with Crippen molar-refractivity contribution in [1.29, 1.82) is 0 Å². The van der Waals surface area contributed by atoms with Crippen LogP contribution in [-0.4, -0.2) is 28.6 Å². The lowest BCUT2D eigenvalue weighted by atomic mass is 10.0. The van der Waals surface area contributed by atoms with Gasteiger partial charge in [0.25, 0.3) is 0 Å². The van der Waals surface area contributed by atoms with E-state index in [9.17, 15) is 4.79 Å². The maximum Gasteiger partial charge on any atom is 0.189 e. The number of carbonyl (C=O) groups excluding carboxylic acids is 1. The summed E-state index contributed by atoms with van der Waals surface area (Å²) < 4.78 is 5.35. The summed E-state index contributed by atoms with van der Waals surface area (Å²) >= 11 is 1.44. The first kappa shape index (κ1) is 17.4. The van der Waals surface area contributed by atoms with E-state index in [1.165, 1.54) is 11.8 Å². The third-order valence-corrected chi connectivity index (χ3v) is 5.24. The maximum absolute atomic E-state index is 12.3. The van der Waals surface area contributed by atoms with Gasteiger partial charge in [0.05, 0.1) is 29.1 Å². The monoisotopic (exact) mass is 374 g/mol. The fourth-order valence-electron chi connectivity index (χ4n) is 2.96. The number of H-pyrrole nitrogens is 1. The van der Waals surface area contributed by atoms with E-state index in [4.69, 9.17) is 9.72 Å². The molecule has 0 aliphatic carbocycles. The summed E-state index contributed by atoms with van der Waals surface area (Å²) in [6.07, 6.45) is 1.76. The molecule has 134 valence electrons. The lowest BCUT2D eigenvalue weighted by molar-refractivity contribution is 0.101. The molecule has 0 unspecified atom stereocenters. The van der Waals surface area contributed by atoms with Crippen molar-refractivity contribution < 1.29 is 9.53 Å². The number of thioether (sulfide) groups is 1. The van der Waals surface area contributed by atoms with Gasteiger partial charge in [-0.3, -0.25) is 4.79 Å². The molecule has 0 bridgehead atoms. The van der Waals surface area contributed by atoms with Crippen molar-refractivity contribution in [2.75, 3.05) is 12.9 Å². The smallest absolute Gasteiger partial charge is 0.189 e. The van der Waals surface area contributed by atoms with Gasteiger partial charge in [-0.2, -0.15) is 0 Å². The number of nitrogens with one attached hydrogen (secondary N) is 1. The molecule has 27 heavy (non-hydrogen) atoms. The largest absolute Gasteiger partial charge is 0.497 e. The van der Waals surface area contributed by atoms with Crippen LogP contribution in [0.15, 0.2) is 78.0 Å². The summed E-state index contributed by atoms with van der Waals surface area (Å²) in [5.74, 6) is 1.15. The Kier molecular flexibility index (Phi) is 4.94. The zero-order valence-corrected chi connectivity index (χ0v) is 15.6. The fraction of sp³-hybridized carbons (Fsp3) is 0.0909. The Hall–Kier alpha value is -3.05. The minimum atomic E-state index is 0.0544. The average Bonchev–Trinajstić information content (AvgIpc) is 3.26. The molecule has 1 N–H and O–H groups in total. The predicted octanol–water partition coefficient (Wildman–Crippen LogP) is 5.21. The Morgan fingerprint density at radius 2 is 1.93 bits per heavy atom. The van der Waals surface area contributed by atoms with Crippen LogP contribution in [0.1, 0.15) is 10.5 Å². The molecule has 2 aromatic heterocycles. The minimum Gasteiger partial charge on any atom is -0.497 e. The second kappa shape index (κ2) is 7.68. The topological polar surface area (TPSA) is 55.0 Å². The van der Waals surface area contributed by atoms with Gasteiger partial charge in [-0.1, -0.05) is 42.1 Å². The third kappa shape index (κ3) is 3.73. The molecule has 0 spiro atoms. The van der Waals surface area contributed by atoms with E-state index in [0.717, 1.165) is 32.8 Å². The standard InChI is InChI=1S/C22H18N2O2S/c1-26-16-9-10-17-18(15-6-3-2-4-7-15)13-22(24-20(17)12-16)27-14-21(25)19-8-5-11-23-19/h2-13,23H,14H2,1H3. The van der Waals surface area contributed by atoms with Gasteiger partial charge in [0.2, 0.25) is 0 Å². The summed E-state index contributed by atoms with van der Waals surface area (Å²) in [4.78, 5) is 20.0. The first-order chi connectivity index (χ1) is 13.2. The number of ether oxygens (including phenoxy) is 1. The normalized spacial score (nSPS) is 10.9. The van der Waals surface area contributed by atoms with Crippen molar-refractivity contribution in [2.24, 2.45) is 0 Å². The molecule has 0 saturated carbocycles. The number of hydrogen-bond acceptors (Lipinski definition) is 4. The summed E-state index contributed by atoms with van der Waals surface area (Å²) in [7, 11) is 1.65. The van der Waals surface area contributed by atoms with Gasteiger partial charge in [-0.05, 0) is 41.5 Å². The van der Waals surface area contributed by atoms with Crippen LogP contribution in [0.5, 0.6) is 5.75 Å². The zero-order chi connectivity index (χ0) is 18.6. The number of nitrogens with zero attached hydrogens (tertiary/aromatic N) is 1. The predicted molar refractivity (Wildman–Crippen MR) is 110 cm³/mol. The highest BCUT2D eigenvalue weighted by Crippen LogP contribution is 2.33. The van der Waals surface area contributed by atoms with Crippen LogP contribution in [0.2, 0.25) is 0 Å². The number of hydrogen-bond donors (Lipinski definition) is 1. The molecule has 2 aromatic carbocycles. The van der Waals surface area contributed by atoms with Crippen molar-refractivity contribution in [3.63, 3.8) is 0 Å². The van der Waals surface area contributed by atoms with Crippen LogP contribution in [0.3, 0.4) is 0 Å². The van der Waals surface area contributed by atoms with Crippen molar-refractivity contribution in [2.45, 2.75) is 5.03 Å². The van der Waals surface area contributed by atoms with E-state index in [-0.39, 0.29) is 5.78 Å².